The van der Waals surface area contributed by atoms with E-state index in [1.807, 2.05) is 12.1 Å². The Hall–Kier alpha value is -1.13. The van der Waals surface area contributed by atoms with E-state index >= 15 is 0 Å². The first-order valence-electron chi connectivity index (χ1n) is 5.16. The van der Waals surface area contributed by atoms with Crippen LogP contribution in [0.15, 0.2) is 39.4 Å². The molecule has 0 saturated carbocycles. The van der Waals surface area contributed by atoms with E-state index in [0.717, 1.165) is 22.5 Å². The molecule has 4 heteroatoms. The molecule has 0 bridgehead atoms. The van der Waals surface area contributed by atoms with Crippen LogP contribution in [-0.4, -0.2) is 11.5 Å². The largest absolute Gasteiger partial charge is 0.445 e. The van der Waals surface area contributed by atoms with Gasteiger partial charge in [0.1, 0.15) is 5.76 Å². The first kappa shape index (κ1) is 11.4. The van der Waals surface area contributed by atoms with Crippen LogP contribution in [0, 0.1) is 0 Å². The van der Waals surface area contributed by atoms with E-state index in [2.05, 4.69) is 33.0 Å². The Balaban J connectivity index is 2.08. The SMILES string of the molecule is NCCc1cnc(Cc2cccc(Br)c2)o1. The van der Waals surface area contributed by atoms with Gasteiger partial charge in [0.2, 0.25) is 0 Å². The number of oxazole rings is 1. The predicted octanol–water partition coefficient (Wildman–Crippen LogP) is 2.53. The molecule has 0 aliphatic carbocycles. The van der Waals surface area contributed by atoms with Crippen molar-refractivity contribution in [3.63, 3.8) is 0 Å². The smallest absolute Gasteiger partial charge is 0.198 e. The molecule has 0 amide bonds. The molecule has 2 aromatic rings. The minimum Gasteiger partial charge on any atom is -0.445 e. The molecule has 16 heavy (non-hydrogen) atoms. The Morgan fingerprint density at radius 3 is 3.00 bits per heavy atom. The van der Waals surface area contributed by atoms with Crippen molar-refractivity contribution in [2.75, 3.05) is 6.54 Å². The molecule has 0 aliphatic heterocycles. The van der Waals surface area contributed by atoms with Gasteiger partial charge in [-0.25, -0.2) is 4.98 Å². The number of benzene rings is 1. The number of aromatic nitrogens is 1. The van der Waals surface area contributed by atoms with Gasteiger partial charge >= 0.3 is 0 Å². The Labute approximate surface area is 103 Å². The average Bonchev–Trinajstić information content (AvgIpc) is 2.66. The fraction of sp³-hybridized carbons (Fsp3) is 0.250. The molecule has 0 fully saturated rings. The van der Waals surface area contributed by atoms with Crippen molar-refractivity contribution >= 4 is 15.9 Å². The Kier molecular flexibility index (Phi) is 3.74. The lowest BCUT2D eigenvalue weighted by Gasteiger charge is -1.98. The van der Waals surface area contributed by atoms with Gasteiger partial charge in [0.15, 0.2) is 5.89 Å². The summed E-state index contributed by atoms with van der Waals surface area (Å²) in [6, 6.07) is 8.12. The molecule has 0 radical (unpaired) electrons. The highest BCUT2D eigenvalue weighted by Gasteiger charge is 2.04. The first-order chi connectivity index (χ1) is 7.78. The first-order valence-corrected chi connectivity index (χ1v) is 5.95. The van der Waals surface area contributed by atoms with Crippen molar-refractivity contribution in [1.29, 1.82) is 0 Å². The maximum Gasteiger partial charge on any atom is 0.198 e. The minimum atomic E-state index is 0.589. The van der Waals surface area contributed by atoms with E-state index in [1.54, 1.807) is 6.20 Å². The van der Waals surface area contributed by atoms with Crippen molar-refractivity contribution in [1.82, 2.24) is 4.98 Å². The molecular formula is C12H13BrN2O. The van der Waals surface area contributed by atoms with Crippen molar-refractivity contribution in [2.45, 2.75) is 12.8 Å². The van der Waals surface area contributed by atoms with Gasteiger partial charge in [0.05, 0.1) is 6.20 Å². The van der Waals surface area contributed by atoms with Crippen LogP contribution in [0.4, 0.5) is 0 Å². The third kappa shape index (κ3) is 2.93. The maximum absolute atomic E-state index is 5.56. The van der Waals surface area contributed by atoms with Gasteiger partial charge in [0.25, 0.3) is 0 Å². The molecule has 1 aromatic heterocycles. The van der Waals surface area contributed by atoms with Crippen molar-refractivity contribution < 1.29 is 4.42 Å². The van der Waals surface area contributed by atoms with E-state index < -0.39 is 0 Å². The van der Waals surface area contributed by atoms with Crippen molar-refractivity contribution in [3.8, 4) is 0 Å². The Morgan fingerprint density at radius 1 is 1.38 bits per heavy atom. The van der Waals surface area contributed by atoms with E-state index in [1.165, 1.54) is 5.56 Å². The van der Waals surface area contributed by atoms with Crippen LogP contribution in [0.5, 0.6) is 0 Å². The highest BCUT2D eigenvalue weighted by molar-refractivity contribution is 9.10. The average molecular weight is 281 g/mol. The summed E-state index contributed by atoms with van der Waals surface area (Å²) in [5, 5.41) is 0. The monoisotopic (exact) mass is 280 g/mol. The lowest BCUT2D eigenvalue weighted by atomic mass is 10.1. The van der Waals surface area contributed by atoms with Crippen molar-refractivity contribution in [2.24, 2.45) is 5.73 Å². The number of nitrogens with two attached hydrogens (primary N) is 1. The highest BCUT2D eigenvalue weighted by Crippen LogP contribution is 2.15. The second-order valence-corrected chi connectivity index (χ2v) is 4.48. The zero-order valence-corrected chi connectivity index (χ0v) is 10.4. The predicted molar refractivity (Wildman–Crippen MR) is 66.2 cm³/mol. The molecule has 84 valence electrons. The molecule has 2 N–H and O–H groups in total. The lowest BCUT2D eigenvalue weighted by molar-refractivity contribution is 0.464. The van der Waals surface area contributed by atoms with E-state index in [-0.39, 0.29) is 0 Å². The summed E-state index contributed by atoms with van der Waals surface area (Å²) >= 11 is 3.44. The van der Waals surface area contributed by atoms with Gasteiger partial charge in [-0.2, -0.15) is 0 Å². The van der Waals surface area contributed by atoms with Crippen LogP contribution in [0.1, 0.15) is 17.2 Å². The fourth-order valence-corrected chi connectivity index (χ4v) is 1.96. The molecule has 0 saturated heterocycles. The minimum absolute atomic E-state index is 0.589. The Bertz CT molecular complexity index is 468. The molecule has 0 aliphatic rings. The topological polar surface area (TPSA) is 52.0 Å². The molecule has 1 heterocycles. The quantitative estimate of drug-likeness (QED) is 0.936. The van der Waals surface area contributed by atoms with Crippen molar-refractivity contribution in [3.05, 3.63) is 52.1 Å². The molecule has 2 rings (SSSR count). The number of nitrogens with zero attached hydrogens (tertiary/aromatic N) is 1. The van der Waals surface area contributed by atoms with Gasteiger partial charge in [-0.3, -0.25) is 0 Å². The van der Waals surface area contributed by atoms with Gasteiger partial charge < -0.3 is 10.2 Å². The van der Waals surface area contributed by atoms with Crippen LogP contribution in [-0.2, 0) is 12.8 Å². The second-order valence-electron chi connectivity index (χ2n) is 3.57. The summed E-state index contributed by atoms with van der Waals surface area (Å²) in [4.78, 5) is 4.22. The number of rotatable bonds is 4. The fourth-order valence-electron chi connectivity index (χ4n) is 1.51. The van der Waals surface area contributed by atoms with Crippen LogP contribution in [0.25, 0.3) is 0 Å². The standard InChI is InChI=1S/C12H13BrN2O/c13-10-3-1-2-9(6-10)7-12-15-8-11(16-12)4-5-14/h1-3,6,8H,4-5,7,14H2. The summed E-state index contributed by atoms with van der Waals surface area (Å²) in [6.45, 7) is 0.589. The van der Waals surface area contributed by atoms with E-state index in [4.69, 9.17) is 10.2 Å². The summed E-state index contributed by atoms with van der Waals surface area (Å²) in [5.41, 5.74) is 6.62. The molecule has 0 atom stereocenters. The molecule has 3 nitrogen and oxygen atoms in total. The van der Waals surface area contributed by atoms with E-state index in [9.17, 15) is 0 Å². The molecular weight excluding hydrogens is 268 g/mol. The van der Waals surface area contributed by atoms with Gasteiger partial charge in [-0.15, -0.1) is 0 Å². The summed E-state index contributed by atoms with van der Waals surface area (Å²) in [6.07, 6.45) is 3.20. The number of halogens is 1. The Morgan fingerprint density at radius 2 is 2.25 bits per heavy atom. The van der Waals surface area contributed by atoms with Crippen LogP contribution < -0.4 is 5.73 Å². The van der Waals surface area contributed by atoms with Gasteiger partial charge in [0, 0.05) is 17.3 Å². The molecule has 0 spiro atoms. The second kappa shape index (κ2) is 5.27. The third-order valence-electron chi connectivity index (χ3n) is 2.24. The summed E-state index contributed by atoms with van der Waals surface area (Å²) in [5.74, 6) is 1.59. The zero-order valence-electron chi connectivity index (χ0n) is 8.82. The summed E-state index contributed by atoms with van der Waals surface area (Å²) in [7, 11) is 0. The van der Waals surface area contributed by atoms with Crippen LogP contribution in [0.3, 0.4) is 0 Å². The maximum atomic E-state index is 5.56. The lowest BCUT2D eigenvalue weighted by Crippen LogP contribution is -2.01. The van der Waals surface area contributed by atoms with Crippen LogP contribution >= 0.6 is 15.9 Å². The van der Waals surface area contributed by atoms with Gasteiger partial charge in [-0.1, -0.05) is 28.1 Å². The third-order valence-corrected chi connectivity index (χ3v) is 2.73. The summed E-state index contributed by atoms with van der Waals surface area (Å²) < 4.78 is 6.63. The van der Waals surface area contributed by atoms with E-state index in [0.29, 0.717) is 13.0 Å². The number of hydrogen-bond donors (Lipinski definition) is 1. The van der Waals surface area contributed by atoms with Gasteiger partial charge in [-0.05, 0) is 24.2 Å². The highest BCUT2D eigenvalue weighted by atomic mass is 79.9. The molecule has 1 aromatic carbocycles. The molecule has 0 unspecified atom stereocenters. The number of hydrogen-bond acceptors (Lipinski definition) is 3. The zero-order chi connectivity index (χ0) is 11.4. The normalized spacial score (nSPS) is 10.6. The van der Waals surface area contributed by atoms with Crippen LogP contribution in [0.2, 0.25) is 0 Å².